The Morgan fingerprint density at radius 1 is 1.38 bits per heavy atom. The third-order valence-corrected chi connectivity index (χ3v) is 2.57. The molecule has 0 bridgehead atoms. The van der Waals surface area contributed by atoms with E-state index in [2.05, 4.69) is 5.32 Å². The molecule has 1 unspecified atom stereocenters. The average molecular weight is 215 g/mol. The van der Waals surface area contributed by atoms with Crippen LogP contribution in [-0.2, 0) is 9.84 Å². The van der Waals surface area contributed by atoms with Crippen LogP contribution >= 0.6 is 0 Å². The summed E-state index contributed by atoms with van der Waals surface area (Å²) in [5, 5.41) is 2.54. The van der Waals surface area contributed by atoms with Crippen molar-refractivity contribution in [2.75, 3.05) is 18.6 Å². The molecule has 0 amide bonds. The van der Waals surface area contributed by atoms with Gasteiger partial charge in [0.05, 0.1) is 11.8 Å². The fraction of sp³-hybridized carbons (Fsp3) is 1.00. The number of sulfone groups is 1. The van der Waals surface area contributed by atoms with Crippen LogP contribution in [0.3, 0.4) is 0 Å². The molecular weight excluding hydrogens is 200 g/mol. The Bertz CT molecular complexity index is 229. The summed E-state index contributed by atoms with van der Waals surface area (Å²) in [6.45, 7) is 1.67. The first kappa shape index (κ1) is 12.8. The van der Waals surface area contributed by atoms with Gasteiger partial charge < -0.3 is 5.32 Å². The molecule has 0 radical (unpaired) electrons. The van der Waals surface area contributed by atoms with Crippen molar-refractivity contribution < 1.29 is 17.2 Å². The number of hydrogen-bond donors (Lipinski definition) is 1. The predicted molar refractivity (Wildman–Crippen MR) is 47.8 cm³/mol. The van der Waals surface area contributed by atoms with E-state index in [1.807, 2.05) is 0 Å². The van der Waals surface area contributed by atoms with Gasteiger partial charge in [-0.25, -0.2) is 17.2 Å². The van der Waals surface area contributed by atoms with Crippen molar-refractivity contribution in [3.8, 4) is 0 Å². The number of nitrogens with one attached hydrogen (secondary N) is 1. The molecule has 0 saturated heterocycles. The summed E-state index contributed by atoms with van der Waals surface area (Å²) < 4.78 is 45.1. The largest absolute Gasteiger partial charge is 0.309 e. The van der Waals surface area contributed by atoms with Crippen LogP contribution in [0.1, 0.15) is 13.3 Å². The van der Waals surface area contributed by atoms with Crippen molar-refractivity contribution in [3.05, 3.63) is 0 Å². The Hall–Kier alpha value is -0.230. The van der Waals surface area contributed by atoms with Crippen LogP contribution in [-0.4, -0.2) is 39.4 Å². The molecule has 0 saturated carbocycles. The average Bonchev–Trinajstić information content (AvgIpc) is 1.95. The maximum atomic E-state index is 11.9. The molecule has 0 aliphatic rings. The number of alkyl halides is 2. The lowest BCUT2D eigenvalue weighted by Crippen LogP contribution is -2.33. The molecule has 1 atom stereocenters. The molecule has 0 aromatic heterocycles. The van der Waals surface area contributed by atoms with Crippen molar-refractivity contribution >= 4 is 9.84 Å². The van der Waals surface area contributed by atoms with Crippen molar-refractivity contribution in [3.63, 3.8) is 0 Å². The molecule has 0 aromatic rings. The third-order valence-electron chi connectivity index (χ3n) is 1.54. The van der Waals surface area contributed by atoms with E-state index in [1.54, 1.807) is 0 Å². The van der Waals surface area contributed by atoms with Crippen molar-refractivity contribution in [2.45, 2.75) is 25.8 Å². The molecule has 0 rings (SSSR count). The zero-order valence-corrected chi connectivity index (χ0v) is 8.57. The number of hydrogen-bond acceptors (Lipinski definition) is 3. The molecule has 13 heavy (non-hydrogen) atoms. The van der Waals surface area contributed by atoms with Crippen LogP contribution in [0.15, 0.2) is 0 Å². The lowest BCUT2D eigenvalue weighted by Gasteiger charge is -2.11. The fourth-order valence-corrected chi connectivity index (χ4v) is 1.42. The molecule has 3 nitrogen and oxygen atoms in total. The molecule has 0 spiro atoms. The van der Waals surface area contributed by atoms with Crippen LogP contribution in [0.5, 0.6) is 0 Å². The Balaban J connectivity index is 3.47. The van der Waals surface area contributed by atoms with Crippen molar-refractivity contribution in [2.24, 2.45) is 0 Å². The van der Waals surface area contributed by atoms with E-state index in [-0.39, 0.29) is 5.75 Å². The van der Waals surface area contributed by atoms with E-state index >= 15 is 0 Å². The second kappa shape index (κ2) is 5.49. The molecule has 6 heteroatoms. The zero-order chi connectivity index (χ0) is 10.5. The van der Waals surface area contributed by atoms with Gasteiger partial charge in [0, 0.05) is 6.26 Å². The van der Waals surface area contributed by atoms with Gasteiger partial charge in [-0.05, 0) is 19.9 Å². The lowest BCUT2D eigenvalue weighted by molar-refractivity contribution is 0.106. The number of halogens is 2. The maximum Gasteiger partial charge on any atom is 0.253 e. The van der Waals surface area contributed by atoms with Gasteiger partial charge in [0.25, 0.3) is 6.43 Å². The summed E-state index contributed by atoms with van der Waals surface area (Å²) >= 11 is 0. The van der Waals surface area contributed by atoms with Crippen molar-refractivity contribution in [1.82, 2.24) is 5.32 Å². The zero-order valence-electron chi connectivity index (χ0n) is 7.76. The van der Waals surface area contributed by atoms with Gasteiger partial charge in [0.2, 0.25) is 0 Å². The Kier molecular flexibility index (Phi) is 5.39. The minimum Gasteiger partial charge on any atom is -0.309 e. The summed E-state index contributed by atoms with van der Waals surface area (Å²) in [6.07, 6.45) is -0.905. The van der Waals surface area contributed by atoms with Crippen LogP contribution in [0.25, 0.3) is 0 Å². The van der Waals surface area contributed by atoms with Crippen LogP contribution < -0.4 is 5.32 Å². The summed E-state index contributed by atoms with van der Waals surface area (Å²) in [6, 6.07) is -0.875. The molecular formula is C7H15F2NO2S. The Morgan fingerprint density at radius 2 is 1.92 bits per heavy atom. The third kappa shape index (κ3) is 8.11. The fourth-order valence-electron chi connectivity index (χ4n) is 0.753. The summed E-state index contributed by atoms with van der Waals surface area (Å²) in [5.41, 5.74) is 0. The van der Waals surface area contributed by atoms with Gasteiger partial charge in [0.1, 0.15) is 9.84 Å². The molecule has 0 aromatic carbocycles. The number of rotatable bonds is 6. The maximum absolute atomic E-state index is 11.9. The van der Waals surface area contributed by atoms with Gasteiger partial charge in [-0.1, -0.05) is 0 Å². The summed E-state index contributed by atoms with van der Waals surface area (Å²) in [4.78, 5) is 0. The molecule has 0 aliphatic carbocycles. The quantitative estimate of drug-likeness (QED) is 0.662. The predicted octanol–water partition coefficient (Wildman–Crippen LogP) is 0.664. The second-order valence-electron chi connectivity index (χ2n) is 3.06. The first-order chi connectivity index (χ1) is 5.83. The van der Waals surface area contributed by atoms with Crippen LogP contribution in [0.4, 0.5) is 8.78 Å². The SMILES string of the molecule is CC(NCCCS(C)(=O)=O)C(F)F. The highest BCUT2D eigenvalue weighted by Gasteiger charge is 2.12. The van der Waals surface area contributed by atoms with E-state index in [0.29, 0.717) is 13.0 Å². The van der Waals surface area contributed by atoms with E-state index < -0.39 is 22.3 Å². The summed E-state index contributed by atoms with van der Waals surface area (Å²) in [7, 11) is -2.97. The minimum absolute atomic E-state index is 0.0377. The second-order valence-corrected chi connectivity index (χ2v) is 5.32. The van der Waals surface area contributed by atoms with Gasteiger partial charge in [-0.15, -0.1) is 0 Å². The highest BCUT2D eigenvalue weighted by Crippen LogP contribution is 1.99. The van der Waals surface area contributed by atoms with Crippen molar-refractivity contribution in [1.29, 1.82) is 0 Å². The Morgan fingerprint density at radius 3 is 2.31 bits per heavy atom. The highest BCUT2D eigenvalue weighted by atomic mass is 32.2. The van der Waals surface area contributed by atoms with E-state index in [9.17, 15) is 17.2 Å². The van der Waals surface area contributed by atoms with E-state index in [4.69, 9.17) is 0 Å². The van der Waals surface area contributed by atoms with Gasteiger partial charge >= 0.3 is 0 Å². The lowest BCUT2D eigenvalue weighted by atomic mass is 10.3. The summed E-state index contributed by atoms with van der Waals surface area (Å²) in [5.74, 6) is 0.0377. The van der Waals surface area contributed by atoms with Gasteiger partial charge in [0.15, 0.2) is 0 Å². The minimum atomic E-state index is -2.97. The first-order valence-corrected chi connectivity index (χ1v) is 6.08. The van der Waals surface area contributed by atoms with Gasteiger partial charge in [-0.3, -0.25) is 0 Å². The van der Waals surface area contributed by atoms with E-state index in [1.165, 1.54) is 6.92 Å². The van der Waals surface area contributed by atoms with Crippen LogP contribution in [0.2, 0.25) is 0 Å². The van der Waals surface area contributed by atoms with Crippen LogP contribution in [0, 0.1) is 0 Å². The monoisotopic (exact) mass is 215 g/mol. The highest BCUT2D eigenvalue weighted by molar-refractivity contribution is 7.90. The van der Waals surface area contributed by atoms with Gasteiger partial charge in [-0.2, -0.15) is 0 Å². The standard InChI is InChI=1S/C7H15F2NO2S/c1-6(7(8)9)10-4-3-5-13(2,11)12/h6-7,10H,3-5H2,1-2H3. The molecule has 0 heterocycles. The first-order valence-electron chi connectivity index (χ1n) is 4.02. The molecule has 1 N–H and O–H groups in total. The molecule has 0 aliphatic heterocycles. The Labute approximate surface area is 77.4 Å². The normalized spacial score (nSPS) is 14.8. The molecule has 0 fully saturated rings. The topological polar surface area (TPSA) is 46.2 Å². The molecule has 80 valence electrons. The van der Waals surface area contributed by atoms with E-state index in [0.717, 1.165) is 6.26 Å². The smallest absolute Gasteiger partial charge is 0.253 e.